The quantitative estimate of drug-likeness (QED) is 0.693. The summed E-state index contributed by atoms with van der Waals surface area (Å²) in [5.41, 5.74) is 3.52. The van der Waals surface area contributed by atoms with E-state index in [-0.39, 0.29) is 4.67 Å². The maximum Gasteiger partial charge on any atom is 0.371 e. The molecule has 10 heteroatoms. The Morgan fingerprint density at radius 3 is 2.37 bits per heavy atom. The predicted octanol–water partition coefficient (Wildman–Crippen LogP) is 0.283. The van der Waals surface area contributed by atoms with Gasteiger partial charge in [0, 0.05) is 6.07 Å². The van der Waals surface area contributed by atoms with Gasteiger partial charge in [-0.25, -0.2) is 13.2 Å². The zero-order valence-electron chi connectivity index (χ0n) is 9.93. The highest BCUT2D eigenvalue weighted by molar-refractivity contribution is 9.10. The van der Waals surface area contributed by atoms with Crippen LogP contribution in [0.1, 0.15) is 24.4 Å². The summed E-state index contributed by atoms with van der Waals surface area (Å²) in [5.74, 6) is -2.85. The van der Waals surface area contributed by atoms with E-state index in [0.29, 0.717) is 0 Å². The first-order chi connectivity index (χ1) is 8.47. The minimum Gasteiger partial charge on any atom is -0.475 e. The second-order valence-corrected chi connectivity index (χ2v) is 6.52. The van der Waals surface area contributed by atoms with Gasteiger partial charge in [-0.3, -0.25) is 4.79 Å². The normalized spacial score (nSPS) is 12.4. The van der Waals surface area contributed by atoms with Gasteiger partial charge in [0.1, 0.15) is 10.4 Å². The Bertz CT molecular complexity index is 633. The SMILES string of the molecule is CC(C)(NS(=O)(=O)c1cc(C(=O)O)oc1Br)C(N)=O. The lowest BCUT2D eigenvalue weighted by Gasteiger charge is -2.21. The highest BCUT2D eigenvalue weighted by Crippen LogP contribution is 2.27. The molecular weight excluding hydrogens is 344 g/mol. The Balaban J connectivity index is 3.22. The molecule has 0 atom stereocenters. The summed E-state index contributed by atoms with van der Waals surface area (Å²) in [7, 11) is -4.16. The first kappa shape index (κ1) is 15.7. The molecule has 0 fully saturated rings. The van der Waals surface area contributed by atoms with Crippen molar-refractivity contribution < 1.29 is 27.5 Å². The number of nitrogens with two attached hydrogens (primary N) is 1. The van der Waals surface area contributed by atoms with Crippen LogP contribution in [0.15, 0.2) is 20.0 Å². The minimum absolute atomic E-state index is 0.280. The number of hydrogen-bond donors (Lipinski definition) is 3. The summed E-state index contributed by atoms with van der Waals surface area (Å²) in [6.45, 7) is 2.55. The number of nitrogens with one attached hydrogen (secondary N) is 1. The van der Waals surface area contributed by atoms with Crippen LogP contribution in [0.5, 0.6) is 0 Å². The molecule has 0 unspecified atom stereocenters. The summed E-state index contributed by atoms with van der Waals surface area (Å²) in [6.07, 6.45) is 0. The van der Waals surface area contributed by atoms with Gasteiger partial charge in [-0.05, 0) is 29.8 Å². The molecule has 1 heterocycles. The molecule has 0 bridgehead atoms. The molecule has 19 heavy (non-hydrogen) atoms. The van der Waals surface area contributed by atoms with Crippen LogP contribution in [0.25, 0.3) is 0 Å². The zero-order chi connectivity index (χ0) is 15.0. The molecule has 0 saturated carbocycles. The molecule has 0 spiro atoms. The monoisotopic (exact) mass is 354 g/mol. The minimum atomic E-state index is -4.16. The largest absolute Gasteiger partial charge is 0.475 e. The van der Waals surface area contributed by atoms with Crippen LogP contribution < -0.4 is 10.5 Å². The van der Waals surface area contributed by atoms with Crippen LogP contribution in [-0.4, -0.2) is 30.9 Å². The number of aromatic carboxylic acids is 1. The van der Waals surface area contributed by atoms with E-state index in [1.165, 1.54) is 13.8 Å². The van der Waals surface area contributed by atoms with E-state index in [4.69, 9.17) is 15.3 Å². The van der Waals surface area contributed by atoms with E-state index < -0.39 is 38.1 Å². The van der Waals surface area contributed by atoms with Crippen molar-refractivity contribution in [1.29, 1.82) is 0 Å². The Morgan fingerprint density at radius 1 is 1.47 bits per heavy atom. The number of carbonyl (C=O) groups is 2. The smallest absolute Gasteiger partial charge is 0.371 e. The molecule has 0 saturated heterocycles. The molecule has 0 aromatic carbocycles. The lowest BCUT2D eigenvalue weighted by atomic mass is 10.1. The number of carbonyl (C=O) groups excluding carboxylic acids is 1. The van der Waals surface area contributed by atoms with Crippen LogP contribution in [0.4, 0.5) is 0 Å². The van der Waals surface area contributed by atoms with E-state index in [2.05, 4.69) is 20.7 Å². The molecular formula is C9H11BrN2O6S. The Morgan fingerprint density at radius 2 is 2.00 bits per heavy atom. The van der Waals surface area contributed by atoms with Gasteiger partial charge in [0.25, 0.3) is 0 Å². The Kier molecular flexibility index (Phi) is 4.08. The number of hydrogen-bond acceptors (Lipinski definition) is 5. The summed E-state index contributed by atoms with van der Waals surface area (Å²) in [4.78, 5) is 21.3. The van der Waals surface area contributed by atoms with Crippen molar-refractivity contribution >= 4 is 37.8 Å². The molecule has 0 aliphatic carbocycles. The molecule has 1 rings (SSSR count). The molecule has 1 amide bonds. The first-order valence-corrected chi connectivity index (χ1v) is 7.11. The number of carboxylic acids is 1. The van der Waals surface area contributed by atoms with Crippen molar-refractivity contribution in [2.45, 2.75) is 24.3 Å². The molecule has 0 aliphatic rings. The van der Waals surface area contributed by atoms with Gasteiger partial charge in [0.15, 0.2) is 4.67 Å². The number of sulfonamides is 1. The third kappa shape index (κ3) is 3.33. The second-order valence-electron chi connectivity index (χ2n) is 4.15. The number of amides is 1. The Labute approximate surface area is 117 Å². The molecule has 1 aromatic heterocycles. The van der Waals surface area contributed by atoms with Crippen LogP contribution >= 0.6 is 15.9 Å². The van der Waals surface area contributed by atoms with E-state index in [1.54, 1.807) is 0 Å². The average molecular weight is 355 g/mol. The zero-order valence-corrected chi connectivity index (χ0v) is 12.3. The molecule has 8 nitrogen and oxygen atoms in total. The fourth-order valence-corrected chi connectivity index (χ4v) is 3.41. The van der Waals surface area contributed by atoms with Gasteiger partial charge in [0.05, 0.1) is 0 Å². The summed E-state index contributed by atoms with van der Waals surface area (Å²) >= 11 is 2.80. The average Bonchev–Trinajstić information content (AvgIpc) is 2.59. The number of primary amides is 1. The maximum atomic E-state index is 12.0. The predicted molar refractivity (Wildman–Crippen MR) is 67.0 cm³/mol. The molecule has 0 aliphatic heterocycles. The van der Waals surface area contributed by atoms with Crippen molar-refractivity contribution in [3.8, 4) is 0 Å². The van der Waals surface area contributed by atoms with Crippen LogP contribution in [-0.2, 0) is 14.8 Å². The fraction of sp³-hybridized carbons (Fsp3) is 0.333. The van der Waals surface area contributed by atoms with Crippen molar-refractivity contribution in [3.05, 3.63) is 16.5 Å². The van der Waals surface area contributed by atoms with Gasteiger partial charge in [-0.15, -0.1) is 0 Å². The molecule has 1 aromatic rings. The highest BCUT2D eigenvalue weighted by atomic mass is 79.9. The van der Waals surface area contributed by atoms with Crippen molar-refractivity contribution in [2.75, 3.05) is 0 Å². The third-order valence-electron chi connectivity index (χ3n) is 2.16. The number of halogens is 1. The fourth-order valence-electron chi connectivity index (χ4n) is 1.08. The molecule has 4 N–H and O–H groups in total. The van der Waals surface area contributed by atoms with E-state index in [9.17, 15) is 18.0 Å². The van der Waals surface area contributed by atoms with E-state index >= 15 is 0 Å². The van der Waals surface area contributed by atoms with E-state index in [0.717, 1.165) is 6.07 Å². The van der Waals surface area contributed by atoms with Gasteiger partial charge in [-0.2, -0.15) is 4.72 Å². The Hall–Kier alpha value is -1.39. The van der Waals surface area contributed by atoms with Crippen LogP contribution in [0.2, 0.25) is 0 Å². The molecule has 0 radical (unpaired) electrons. The van der Waals surface area contributed by atoms with Gasteiger partial charge >= 0.3 is 5.97 Å². The van der Waals surface area contributed by atoms with E-state index in [1.807, 2.05) is 0 Å². The molecule has 106 valence electrons. The van der Waals surface area contributed by atoms with Crippen molar-refractivity contribution in [3.63, 3.8) is 0 Å². The highest BCUT2D eigenvalue weighted by Gasteiger charge is 2.34. The van der Waals surface area contributed by atoms with Gasteiger partial charge < -0.3 is 15.3 Å². The number of rotatable bonds is 5. The van der Waals surface area contributed by atoms with Crippen LogP contribution in [0, 0.1) is 0 Å². The first-order valence-electron chi connectivity index (χ1n) is 4.84. The number of furan rings is 1. The lowest BCUT2D eigenvalue weighted by molar-refractivity contribution is -0.122. The topological polar surface area (TPSA) is 140 Å². The maximum absolute atomic E-state index is 12.0. The second kappa shape index (κ2) is 4.94. The third-order valence-corrected chi connectivity index (χ3v) is 4.67. The van der Waals surface area contributed by atoms with Crippen molar-refractivity contribution in [2.24, 2.45) is 5.73 Å². The van der Waals surface area contributed by atoms with Gasteiger partial charge in [-0.1, -0.05) is 0 Å². The standard InChI is InChI=1S/C9H11BrN2O6S/c1-9(2,8(11)15)12-19(16,17)5-3-4(7(13)14)18-6(5)10/h3,12H,1-2H3,(H2,11,15)(H,13,14). The van der Waals surface area contributed by atoms with Gasteiger partial charge in [0.2, 0.25) is 21.7 Å². The van der Waals surface area contributed by atoms with Crippen molar-refractivity contribution in [1.82, 2.24) is 4.72 Å². The summed E-state index contributed by atoms with van der Waals surface area (Å²) in [5, 5.41) is 8.71. The lowest BCUT2D eigenvalue weighted by Crippen LogP contribution is -2.52. The van der Waals surface area contributed by atoms with Crippen LogP contribution in [0.3, 0.4) is 0 Å². The summed E-state index contributed by atoms with van der Waals surface area (Å²) in [6, 6.07) is 0.825. The number of carboxylic acid groups (broad SMARTS) is 1. The summed E-state index contributed by atoms with van der Waals surface area (Å²) < 4.78 is 30.5.